The second-order valence-corrected chi connectivity index (χ2v) is 14.6. The SMILES string of the molecule is CNCc1cc(-c2ccccc2)ccc1Oc1ccc(Cl)c(Cl)c1.O=c1c(CO)coc2cc(OCCCN3CCC(c4noc5cc(F)ccc45)CC3)ccc12. The molecule has 7 aromatic rings. The molecule has 0 aliphatic carbocycles. The van der Waals surface area contributed by atoms with Gasteiger partial charge in [-0.2, -0.15) is 0 Å². The van der Waals surface area contributed by atoms with Gasteiger partial charge in [0.05, 0.1) is 39.9 Å². The van der Waals surface area contributed by atoms with Gasteiger partial charge in [-0.15, -0.1) is 0 Å². The van der Waals surface area contributed by atoms with Gasteiger partial charge in [0.25, 0.3) is 0 Å². The van der Waals surface area contributed by atoms with Gasteiger partial charge in [-0.05, 0) is 99.1 Å². The second kappa shape index (κ2) is 18.8. The molecule has 0 spiro atoms. The highest BCUT2D eigenvalue weighted by atomic mass is 35.5. The molecular weight excluding hydrogens is 768 g/mol. The molecule has 12 heteroatoms. The van der Waals surface area contributed by atoms with E-state index >= 15 is 0 Å². The number of rotatable bonds is 12. The van der Waals surface area contributed by atoms with Crippen LogP contribution in [-0.4, -0.2) is 48.5 Å². The first-order valence-electron chi connectivity index (χ1n) is 18.8. The van der Waals surface area contributed by atoms with Crippen LogP contribution in [0.4, 0.5) is 4.39 Å². The molecule has 2 aromatic heterocycles. The Morgan fingerprint density at radius 3 is 2.42 bits per heavy atom. The number of piperidine rings is 1. The van der Waals surface area contributed by atoms with Gasteiger partial charge in [-0.1, -0.05) is 64.8 Å². The average Bonchev–Trinajstić information content (AvgIpc) is 3.65. The molecule has 0 atom stereocenters. The lowest BCUT2D eigenvalue weighted by Crippen LogP contribution is -2.34. The molecular formula is C45H42Cl2FN3O6. The molecule has 1 aliphatic rings. The summed E-state index contributed by atoms with van der Waals surface area (Å²) in [6, 6.07) is 31.4. The van der Waals surface area contributed by atoms with Gasteiger partial charge in [0.2, 0.25) is 0 Å². The highest BCUT2D eigenvalue weighted by Crippen LogP contribution is 2.34. The second-order valence-electron chi connectivity index (χ2n) is 13.8. The average molecular weight is 811 g/mol. The first kappa shape index (κ1) is 40.0. The Bertz CT molecular complexity index is 2500. The number of aromatic nitrogens is 1. The van der Waals surface area contributed by atoms with E-state index in [4.69, 9.17) is 41.6 Å². The Hall–Kier alpha value is -5.23. The number of benzene rings is 5. The standard InChI is InChI=1S/C25H25FN2O5.C20H17Cl2NO/c26-18-2-4-20-23(12-18)33-27-24(20)16-6-9-28(10-7-16)8-1-11-31-19-3-5-21-22(13-19)32-15-17(14-29)25(21)30;1-23-13-16-11-15(14-5-3-2-4-6-14)7-10-20(16)24-17-8-9-18(21)19(22)12-17/h2-5,12-13,15-16,29H,1,6-11,14H2;2-12,23H,13H2,1H3. The maximum Gasteiger partial charge on any atom is 0.198 e. The van der Waals surface area contributed by atoms with Gasteiger partial charge in [0, 0.05) is 48.2 Å². The van der Waals surface area contributed by atoms with Gasteiger partial charge in [-0.3, -0.25) is 4.79 Å². The van der Waals surface area contributed by atoms with Gasteiger partial charge < -0.3 is 33.7 Å². The van der Waals surface area contributed by atoms with E-state index in [9.17, 15) is 14.3 Å². The van der Waals surface area contributed by atoms with E-state index in [1.165, 1.54) is 24.0 Å². The predicted octanol–water partition coefficient (Wildman–Crippen LogP) is 10.4. The number of hydrogen-bond acceptors (Lipinski definition) is 9. The van der Waals surface area contributed by atoms with Crippen molar-refractivity contribution in [1.82, 2.24) is 15.4 Å². The van der Waals surface area contributed by atoms with Crippen LogP contribution in [-0.2, 0) is 13.2 Å². The van der Waals surface area contributed by atoms with Crippen LogP contribution in [0.1, 0.15) is 42.0 Å². The fraction of sp³-hybridized carbons (Fsp3) is 0.244. The summed E-state index contributed by atoms with van der Waals surface area (Å²) >= 11 is 12.0. The summed E-state index contributed by atoms with van der Waals surface area (Å²) < 4.78 is 36.0. The molecule has 57 heavy (non-hydrogen) atoms. The Balaban J connectivity index is 0.000000183. The van der Waals surface area contributed by atoms with Gasteiger partial charge in [0.1, 0.15) is 34.9 Å². The number of aliphatic hydroxyl groups is 1. The van der Waals surface area contributed by atoms with Gasteiger partial charge in [-0.25, -0.2) is 4.39 Å². The summed E-state index contributed by atoms with van der Waals surface area (Å²) in [7, 11) is 1.91. The molecule has 1 aliphatic heterocycles. The predicted molar refractivity (Wildman–Crippen MR) is 222 cm³/mol. The number of fused-ring (bicyclic) bond motifs is 2. The van der Waals surface area contributed by atoms with Crippen molar-refractivity contribution in [2.75, 3.05) is 33.3 Å². The fourth-order valence-corrected chi connectivity index (χ4v) is 7.25. The van der Waals surface area contributed by atoms with E-state index < -0.39 is 0 Å². The van der Waals surface area contributed by atoms with Crippen molar-refractivity contribution in [3.8, 4) is 28.4 Å². The Kier molecular flexibility index (Phi) is 13.2. The van der Waals surface area contributed by atoms with E-state index in [2.05, 4.69) is 39.6 Å². The summed E-state index contributed by atoms with van der Waals surface area (Å²) in [5.41, 5.74) is 5.31. The van der Waals surface area contributed by atoms with Crippen molar-refractivity contribution in [1.29, 1.82) is 0 Å². The summed E-state index contributed by atoms with van der Waals surface area (Å²) in [6.07, 6.45) is 4.14. The van der Waals surface area contributed by atoms with Crippen molar-refractivity contribution in [2.24, 2.45) is 0 Å². The number of hydrogen-bond donors (Lipinski definition) is 2. The van der Waals surface area contributed by atoms with Crippen LogP contribution in [0, 0.1) is 5.82 Å². The minimum atomic E-state index is -0.344. The molecule has 2 N–H and O–H groups in total. The summed E-state index contributed by atoms with van der Waals surface area (Å²) in [5.74, 6) is 2.11. The topological polar surface area (TPSA) is 110 Å². The normalized spacial score (nSPS) is 13.4. The zero-order valence-corrected chi connectivity index (χ0v) is 32.9. The highest BCUT2D eigenvalue weighted by Gasteiger charge is 2.25. The van der Waals surface area contributed by atoms with Crippen LogP contribution < -0.4 is 20.2 Å². The molecule has 0 amide bonds. The van der Waals surface area contributed by atoms with Crippen LogP contribution in [0.15, 0.2) is 123 Å². The Labute approximate surface area is 339 Å². The maximum atomic E-state index is 13.4. The molecule has 0 unspecified atom stereocenters. The maximum absolute atomic E-state index is 13.4. The number of ether oxygens (including phenoxy) is 2. The first-order valence-corrected chi connectivity index (χ1v) is 19.6. The zero-order valence-electron chi connectivity index (χ0n) is 31.4. The summed E-state index contributed by atoms with van der Waals surface area (Å²) in [5, 5.41) is 18.9. The van der Waals surface area contributed by atoms with Gasteiger partial charge in [0.15, 0.2) is 11.0 Å². The highest BCUT2D eigenvalue weighted by molar-refractivity contribution is 6.42. The quantitative estimate of drug-likeness (QED) is 0.117. The van der Waals surface area contributed by atoms with Gasteiger partial charge >= 0.3 is 0 Å². The lowest BCUT2D eigenvalue weighted by atomic mass is 9.91. The number of aliphatic hydroxyl groups excluding tert-OH is 1. The zero-order chi connectivity index (χ0) is 39.7. The van der Waals surface area contributed by atoms with Crippen LogP contribution >= 0.6 is 23.2 Å². The Morgan fingerprint density at radius 2 is 1.65 bits per heavy atom. The molecule has 1 fully saturated rings. The molecule has 1 saturated heterocycles. The van der Waals surface area contributed by atoms with Crippen LogP contribution in [0.3, 0.4) is 0 Å². The van der Waals surface area contributed by atoms with E-state index in [1.807, 2.05) is 37.4 Å². The lowest BCUT2D eigenvalue weighted by molar-refractivity contribution is 0.191. The van der Waals surface area contributed by atoms with E-state index in [-0.39, 0.29) is 23.4 Å². The smallest absolute Gasteiger partial charge is 0.198 e. The molecule has 294 valence electrons. The molecule has 8 rings (SSSR count). The monoisotopic (exact) mass is 809 g/mol. The summed E-state index contributed by atoms with van der Waals surface area (Å²) in [4.78, 5) is 14.6. The Morgan fingerprint density at radius 1 is 0.860 bits per heavy atom. The molecule has 3 heterocycles. The summed E-state index contributed by atoms with van der Waals surface area (Å²) in [6.45, 7) is 3.78. The van der Waals surface area contributed by atoms with Crippen molar-refractivity contribution in [3.63, 3.8) is 0 Å². The molecule has 5 aromatic carbocycles. The lowest BCUT2D eigenvalue weighted by Gasteiger charge is -2.31. The number of nitrogens with one attached hydrogen (secondary N) is 1. The molecule has 9 nitrogen and oxygen atoms in total. The number of likely N-dealkylation sites (tertiary alicyclic amines) is 1. The molecule has 0 radical (unpaired) electrons. The third kappa shape index (κ3) is 9.84. The third-order valence-electron chi connectivity index (χ3n) is 9.97. The minimum Gasteiger partial charge on any atom is -0.493 e. The van der Waals surface area contributed by atoms with Crippen molar-refractivity contribution in [2.45, 2.75) is 38.3 Å². The third-order valence-corrected chi connectivity index (χ3v) is 10.7. The largest absolute Gasteiger partial charge is 0.493 e. The molecule has 0 saturated carbocycles. The van der Waals surface area contributed by atoms with Crippen LogP contribution in [0.25, 0.3) is 33.1 Å². The van der Waals surface area contributed by atoms with Crippen molar-refractivity contribution < 1.29 is 27.9 Å². The van der Waals surface area contributed by atoms with Crippen LogP contribution in [0.2, 0.25) is 10.0 Å². The minimum absolute atomic E-state index is 0.223. The van der Waals surface area contributed by atoms with E-state index in [1.54, 1.807) is 36.4 Å². The van der Waals surface area contributed by atoms with Crippen molar-refractivity contribution >= 4 is 45.1 Å². The first-order chi connectivity index (χ1) is 27.8. The molecule has 0 bridgehead atoms. The van der Waals surface area contributed by atoms with E-state index in [0.29, 0.717) is 57.2 Å². The number of halogens is 3. The fourth-order valence-electron chi connectivity index (χ4n) is 6.97. The number of nitrogens with zero attached hydrogens (tertiary/aromatic N) is 2. The van der Waals surface area contributed by atoms with Crippen LogP contribution in [0.5, 0.6) is 17.2 Å². The van der Waals surface area contributed by atoms with E-state index in [0.717, 1.165) is 66.9 Å². The van der Waals surface area contributed by atoms with Crippen molar-refractivity contribution in [3.05, 3.63) is 152 Å².